The van der Waals surface area contributed by atoms with Crippen LogP contribution in [0.3, 0.4) is 0 Å². The quantitative estimate of drug-likeness (QED) is 0.117. The van der Waals surface area contributed by atoms with E-state index >= 15 is 0 Å². The van der Waals surface area contributed by atoms with Crippen LogP contribution in [-0.4, -0.2) is 29.9 Å². The van der Waals surface area contributed by atoms with Gasteiger partial charge in [0, 0.05) is 87.2 Å². The molecule has 0 aliphatic rings. The van der Waals surface area contributed by atoms with Crippen LogP contribution in [0.15, 0.2) is 462 Å². The fourth-order valence-corrected chi connectivity index (χ4v) is 18.5. The van der Waals surface area contributed by atoms with Crippen molar-refractivity contribution >= 4 is 131 Å². The number of furan rings is 3. The molecule has 26 aromatic rings. The molecule has 20 aromatic carbocycles. The van der Waals surface area contributed by atoms with Gasteiger partial charge in [0.1, 0.15) is 33.5 Å². The van der Waals surface area contributed by atoms with Crippen molar-refractivity contribution in [3.05, 3.63) is 449 Å². The molecule has 0 aliphatic heterocycles. The molecule has 0 fully saturated rings. The van der Waals surface area contributed by atoms with E-state index < -0.39 is 0 Å². The molecule has 602 valence electrons. The highest BCUT2D eigenvalue weighted by atomic mass is 16.3. The molecule has 0 aliphatic carbocycles. The van der Waals surface area contributed by atoms with Crippen LogP contribution in [0.2, 0.25) is 0 Å². The van der Waals surface area contributed by atoms with Gasteiger partial charge in [-0.2, -0.15) is 0 Å². The lowest BCUT2D eigenvalue weighted by Crippen LogP contribution is -1.96. The normalized spacial score (nSPS) is 11.6. The third-order valence-electron chi connectivity index (χ3n) is 24.8. The van der Waals surface area contributed by atoms with E-state index in [9.17, 15) is 0 Å². The predicted molar refractivity (Wildman–Crippen MR) is 533 cm³/mol. The highest BCUT2D eigenvalue weighted by Gasteiger charge is 2.23. The zero-order valence-electron chi connectivity index (χ0n) is 69.6. The van der Waals surface area contributed by atoms with Gasteiger partial charge in [-0.05, 0) is 145 Å². The Morgan fingerprint density at radius 1 is 0.147 bits per heavy atom. The molecule has 0 atom stereocenters. The molecule has 0 saturated heterocycles. The average molecular weight is 1650 g/mol. The summed E-state index contributed by atoms with van der Waals surface area (Å²) in [5.41, 5.74) is 32.2. The monoisotopic (exact) mass is 1650 g/mol. The molecule has 0 N–H and O–H groups in total. The van der Waals surface area contributed by atoms with Crippen molar-refractivity contribution in [2.45, 2.75) is 0 Å². The molecule has 9 heteroatoms. The van der Waals surface area contributed by atoms with Crippen LogP contribution in [0.1, 0.15) is 0 Å². The molecule has 9 nitrogen and oxygen atoms in total. The number of fused-ring (bicyclic) bond motifs is 18. The Morgan fingerprint density at radius 3 is 1.06 bits per heavy atom. The third kappa shape index (κ3) is 13.9. The largest absolute Gasteiger partial charge is 0.456 e. The summed E-state index contributed by atoms with van der Waals surface area (Å²) in [6.45, 7) is 0. The first-order valence-corrected chi connectivity index (χ1v) is 43.4. The minimum Gasteiger partial charge on any atom is -0.456 e. The first-order chi connectivity index (χ1) is 63.9. The van der Waals surface area contributed by atoms with E-state index in [1.54, 1.807) is 0 Å². The van der Waals surface area contributed by atoms with Gasteiger partial charge >= 0.3 is 0 Å². The van der Waals surface area contributed by atoms with Crippen LogP contribution >= 0.6 is 0 Å². The second kappa shape index (κ2) is 32.0. The van der Waals surface area contributed by atoms with Crippen LogP contribution in [0.4, 0.5) is 0 Å². The first-order valence-electron chi connectivity index (χ1n) is 43.4. The number of hydrogen-bond acceptors (Lipinski definition) is 9. The molecule has 26 rings (SSSR count). The van der Waals surface area contributed by atoms with Crippen molar-refractivity contribution in [1.29, 1.82) is 0 Å². The number of hydrogen-bond donors (Lipinski definition) is 0. The SMILES string of the molecule is c1ccc(-c2ccc(-c3nc4ccc5ccccc5c4nc3-c3ccc(-c4cccc5oc6ccccc6c45)cc3)cc2)cc1.c1ccc(-c2cccc(-c3nc(-c4ccc(-c5ccc6oc7ccccc7c6c5)cc4)c4ccc5ccccc5c4n3)c2)cc1.c1ccc(-c2nc3ccc4cc(-c5cccc6oc7ccccc7c56)ccc4c3nc2-c2ccccc2)cc1. The number of para-hydroxylation sites is 3. The van der Waals surface area contributed by atoms with E-state index in [1.807, 2.05) is 97.1 Å². The maximum atomic E-state index is 6.17. The summed E-state index contributed by atoms with van der Waals surface area (Å²) in [4.78, 5) is 31.4. The second-order valence-electron chi connectivity index (χ2n) is 32.6. The Bertz CT molecular complexity index is 8840. The maximum Gasteiger partial charge on any atom is 0.160 e. The van der Waals surface area contributed by atoms with Crippen molar-refractivity contribution in [3.63, 3.8) is 0 Å². The highest BCUT2D eigenvalue weighted by molar-refractivity contribution is 6.16. The van der Waals surface area contributed by atoms with Crippen molar-refractivity contribution in [3.8, 4) is 123 Å². The van der Waals surface area contributed by atoms with E-state index in [1.165, 1.54) is 16.7 Å². The van der Waals surface area contributed by atoms with Gasteiger partial charge in [-0.1, -0.05) is 376 Å². The van der Waals surface area contributed by atoms with Crippen molar-refractivity contribution in [1.82, 2.24) is 29.9 Å². The maximum absolute atomic E-state index is 6.17. The summed E-state index contributed by atoms with van der Waals surface area (Å²) >= 11 is 0. The van der Waals surface area contributed by atoms with E-state index in [0.29, 0.717) is 5.82 Å². The van der Waals surface area contributed by atoms with Gasteiger partial charge in [-0.25, -0.2) is 29.9 Å². The summed E-state index contributed by atoms with van der Waals surface area (Å²) in [5.74, 6) is 0.716. The van der Waals surface area contributed by atoms with Crippen LogP contribution in [-0.2, 0) is 0 Å². The molecular formula is C120H74N6O3. The predicted octanol–water partition coefficient (Wildman–Crippen LogP) is 32.4. The summed E-state index contributed by atoms with van der Waals surface area (Å²) in [6.07, 6.45) is 0. The summed E-state index contributed by atoms with van der Waals surface area (Å²) in [6, 6.07) is 156. The Morgan fingerprint density at radius 2 is 0.488 bits per heavy atom. The smallest absolute Gasteiger partial charge is 0.160 e. The van der Waals surface area contributed by atoms with Crippen LogP contribution in [0, 0.1) is 0 Å². The topological polar surface area (TPSA) is 117 Å². The Hall–Kier alpha value is -17.4. The Balaban J connectivity index is 0.000000108. The van der Waals surface area contributed by atoms with Gasteiger partial charge in [-0.3, -0.25) is 0 Å². The molecule has 0 spiro atoms. The van der Waals surface area contributed by atoms with Crippen LogP contribution in [0.5, 0.6) is 0 Å². The highest BCUT2D eigenvalue weighted by Crippen LogP contribution is 2.45. The first kappa shape index (κ1) is 75.4. The van der Waals surface area contributed by atoms with Crippen LogP contribution < -0.4 is 0 Å². The van der Waals surface area contributed by atoms with E-state index in [-0.39, 0.29) is 0 Å². The molecule has 129 heavy (non-hydrogen) atoms. The lowest BCUT2D eigenvalue weighted by atomic mass is 9.96. The van der Waals surface area contributed by atoms with E-state index in [4.69, 9.17) is 43.2 Å². The molecule has 0 radical (unpaired) electrons. The molecule has 6 heterocycles. The minimum atomic E-state index is 0.716. The molecule has 6 aromatic heterocycles. The van der Waals surface area contributed by atoms with Crippen molar-refractivity contribution < 1.29 is 13.3 Å². The zero-order valence-corrected chi connectivity index (χ0v) is 69.6. The van der Waals surface area contributed by atoms with Crippen LogP contribution in [0.25, 0.3) is 254 Å². The van der Waals surface area contributed by atoms with Crippen molar-refractivity contribution in [2.75, 3.05) is 0 Å². The fourth-order valence-electron chi connectivity index (χ4n) is 18.5. The minimum absolute atomic E-state index is 0.716. The molecule has 0 amide bonds. The van der Waals surface area contributed by atoms with Gasteiger partial charge < -0.3 is 13.3 Å². The summed E-state index contributed by atoms with van der Waals surface area (Å²) in [7, 11) is 0. The molecule has 0 saturated carbocycles. The van der Waals surface area contributed by atoms with E-state index in [0.717, 1.165) is 232 Å². The molecule has 0 bridgehead atoms. The second-order valence-corrected chi connectivity index (χ2v) is 32.6. The number of rotatable bonds is 11. The summed E-state index contributed by atoms with van der Waals surface area (Å²) < 4.78 is 18.4. The lowest BCUT2D eigenvalue weighted by molar-refractivity contribution is 0.668. The number of aromatic nitrogens is 6. The number of benzene rings is 20. The summed E-state index contributed by atoms with van der Waals surface area (Å²) in [5, 5.41) is 14.6. The average Bonchev–Trinajstić information content (AvgIpc) is 1.67. The lowest BCUT2D eigenvalue weighted by Gasteiger charge is -2.13. The van der Waals surface area contributed by atoms with Crippen molar-refractivity contribution in [2.24, 2.45) is 0 Å². The van der Waals surface area contributed by atoms with Gasteiger partial charge in [0.05, 0.1) is 56.1 Å². The zero-order chi connectivity index (χ0) is 85.2. The third-order valence-corrected chi connectivity index (χ3v) is 24.8. The molecular weight excluding hydrogens is 1570 g/mol. The fraction of sp³-hybridized carbons (Fsp3) is 0. The van der Waals surface area contributed by atoms with Gasteiger partial charge in [0.2, 0.25) is 0 Å². The van der Waals surface area contributed by atoms with Gasteiger partial charge in [0.15, 0.2) is 5.82 Å². The van der Waals surface area contributed by atoms with E-state index in [2.05, 4.69) is 352 Å². The Labute approximate surface area is 741 Å². The number of nitrogens with zero attached hydrogens (tertiary/aromatic N) is 6. The molecule has 0 unspecified atom stereocenters. The standard InChI is InChI=1S/2C42H26N2O.C36H22N2O/c1-2-9-27(10-3-1)31-12-8-13-33(25-31)42-43-40(36-23-21-29-11-4-5-14-34(29)41(36)44-42)30-19-17-28(18-20-30)32-22-24-39-37(26-32)35-15-6-7-16-38(35)45-39;1-2-9-27(10-3-1)28-17-21-31(22-18-28)40-41(44-42-34-12-5-4-11-29(34)25-26-36(42)43-40)32-23-19-30(20-24-32)33-14-8-16-38-39(33)35-13-6-7-15-37(35)45-38;1-3-10-23(11-4-1)34-35(24-12-5-2-6-13-24)38-36-28-20-18-25(22-26(28)19-21-30(36)37-34)27-15-9-17-32-33(27)29-14-7-8-16-31(29)39-32/h2*1-26H;1-22H. The Kier molecular flexibility index (Phi) is 18.7. The van der Waals surface area contributed by atoms with Gasteiger partial charge in [0.25, 0.3) is 0 Å². The van der Waals surface area contributed by atoms with Gasteiger partial charge in [-0.15, -0.1) is 0 Å².